The molecule has 1 unspecified atom stereocenters. The fourth-order valence-electron chi connectivity index (χ4n) is 3.04. The number of piperidine rings is 1. The second-order valence-electron chi connectivity index (χ2n) is 6.61. The number of halogens is 2. The molecule has 3 rings (SSSR count). The van der Waals surface area contributed by atoms with Crippen molar-refractivity contribution in [1.82, 2.24) is 4.31 Å². The van der Waals surface area contributed by atoms with Crippen LogP contribution in [0.25, 0.3) is 0 Å². The highest BCUT2D eigenvalue weighted by Crippen LogP contribution is 2.22. The van der Waals surface area contributed by atoms with E-state index in [-0.39, 0.29) is 17.3 Å². The molecule has 1 aliphatic heterocycles. The number of benzene rings is 2. The molecular weight excluding hydrogens is 421 g/mol. The van der Waals surface area contributed by atoms with Gasteiger partial charge < -0.3 is 4.74 Å². The first-order chi connectivity index (χ1) is 13.4. The van der Waals surface area contributed by atoms with Gasteiger partial charge >= 0.3 is 0 Å². The summed E-state index contributed by atoms with van der Waals surface area (Å²) in [6, 6.07) is 12.9. The third kappa shape index (κ3) is 5.13. The minimum absolute atomic E-state index is 0.0247. The molecule has 0 spiro atoms. The van der Waals surface area contributed by atoms with Crippen molar-refractivity contribution in [1.29, 1.82) is 0 Å². The van der Waals surface area contributed by atoms with Crippen molar-refractivity contribution < 1.29 is 17.9 Å². The van der Waals surface area contributed by atoms with Crippen LogP contribution >= 0.6 is 23.2 Å². The van der Waals surface area contributed by atoms with Crippen LogP contribution in [0.2, 0.25) is 5.02 Å². The van der Waals surface area contributed by atoms with Crippen LogP contribution in [0.15, 0.2) is 53.4 Å². The normalized spacial score (nSPS) is 16.6. The van der Waals surface area contributed by atoms with Crippen LogP contribution in [0.5, 0.6) is 0 Å². The summed E-state index contributed by atoms with van der Waals surface area (Å²) in [7, 11) is -3.52. The summed E-state index contributed by atoms with van der Waals surface area (Å²) in [6.07, 6.45) is 2.81. The number of carbonyl (C=O) groups is 1. The van der Waals surface area contributed by atoms with Crippen molar-refractivity contribution >= 4 is 39.0 Å². The van der Waals surface area contributed by atoms with Gasteiger partial charge in [-0.2, -0.15) is 4.31 Å². The van der Waals surface area contributed by atoms with E-state index in [1.807, 2.05) is 0 Å². The van der Waals surface area contributed by atoms with Gasteiger partial charge in [-0.15, -0.1) is 0 Å². The molecule has 1 atom stereocenters. The Hall–Kier alpha value is -1.44. The van der Waals surface area contributed by atoms with Gasteiger partial charge in [-0.25, -0.2) is 8.42 Å². The Kier molecular flexibility index (Phi) is 7.12. The van der Waals surface area contributed by atoms with Gasteiger partial charge in [0.15, 0.2) is 5.56 Å². The molecule has 150 valence electrons. The van der Waals surface area contributed by atoms with Crippen molar-refractivity contribution in [2.24, 2.45) is 0 Å². The Morgan fingerprint density at radius 1 is 1.07 bits per heavy atom. The lowest BCUT2D eigenvalue weighted by Crippen LogP contribution is -2.35. The maximum Gasteiger partial charge on any atom is 0.243 e. The predicted molar refractivity (Wildman–Crippen MR) is 109 cm³/mol. The molecule has 0 saturated carbocycles. The zero-order chi connectivity index (χ0) is 20.1. The number of Topliss-reactive ketones (excluding diaryl/α,β-unsaturated/α-hetero) is 1. The van der Waals surface area contributed by atoms with E-state index >= 15 is 0 Å². The summed E-state index contributed by atoms with van der Waals surface area (Å²) >= 11 is 11.9. The third-order valence-electron chi connectivity index (χ3n) is 4.58. The molecule has 5 nitrogen and oxygen atoms in total. The van der Waals surface area contributed by atoms with Crippen molar-refractivity contribution in [3.63, 3.8) is 0 Å². The van der Waals surface area contributed by atoms with Gasteiger partial charge in [-0.05, 0) is 54.8 Å². The second-order valence-corrected chi connectivity index (χ2v) is 9.38. The molecule has 0 aromatic heterocycles. The van der Waals surface area contributed by atoms with Crippen LogP contribution in [-0.2, 0) is 21.4 Å². The minimum atomic E-state index is -3.52. The highest BCUT2D eigenvalue weighted by Gasteiger charge is 2.26. The maximum absolute atomic E-state index is 12.8. The largest absolute Gasteiger partial charge is 0.350 e. The molecule has 0 aliphatic carbocycles. The lowest BCUT2D eigenvalue weighted by Gasteiger charge is -2.26. The van der Waals surface area contributed by atoms with E-state index in [0.717, 1.165) is 19.3 Å². The average molecular weight is 442 g/mol. The van der Waals surface area contributed by atoms with Crippen molar-refractivity contribution in [3.8, 4) is 0 Å². The van der Waals surface area contributed by atoms with Crippen molar-refractivity contribution in [2.75, 3.05) is 13.1 Å². The van der Waals surface area contributed by atoms with Gasteiger partial charge in [0.1, 0.15) is 0 Å². The van der Waals surface area contributed by atoms with E-state index in [1.165, 1.54) is 4.31 Å². The molecule has 2 aromatic rings. The Balaban J connectivity index is 1.65. The summed E-state index contributed by atoms with van der Waals surface area (Å²) in [4.78, 5) is 12.5. The molecule has 8 heteroatoms. The fraction of sp³-hybridized carbons (Fsp3) is 0.350. The molecule has 1 heterocycles. The molecule has 0 amide bonds. The van der Waals surface area contributed by atoms with Gasteiger partial charge in [-0.1, -0.05) is 41.8 Å². The molecule has 0 bridgehead atoms. The Morgan fingerprint density at radius 3 is 2.43 bits per heavy atom. The van der Waals surface area contributed by atoms with Gasteiger partial charge in [0, 0.05) is 23.7 Å². The van der Waals surface area contributed by atoms with E-state index in [2.05, 4.69) is 0 Å². The number of ketones is 1. The zero-order valence-corrected chi connectivity index (χ0v) is 17.5. The van der Waals surface area contributed by atoms with E-state index in [0.29, 0.717) is 29.2 Å². The number of nitrogens with zero attached hydrogens (tertiary/aromatic N) is 1. The number of carbonyl (C=O) groups excluding carboxylic acids is 1. The zero-order valence-electron chi connectivity index (χ0n) is 15.2. The van der Waals surface area contributed by atoms with Crippen LogP contribution in [0.1, 0.15) is 35.2 Å². The first kappa shape index (κ1) is 21.3. The fourth-order valence-corrected chi connectivity index (χ4v) is 4.94. The Morgan fingerprint density at radius 2 is 1.75 bits per heavy atom. The van der Waals surface area contributed by atoms with Crippen LogP contribution in [0, 0.1) is 0 Å². The molecule has 0 N–H and O–H groups in total. The Labute approximate surface area is 175 Å². The molecule has 1 aliphatic rings. The molecule has 1 saturated heterocycles. The van der Waals surface area contributed by atoms with Crippen LogP contribution in [-0.4, -0.2) is 37.2 Å². The van der Waals surface area contributed by atoms with E-state index in [4.69, 9.17) is 27.9 Å². The SMILES string of the molecule is O=C(c1ccc(Cl)cc1)C(Cl)OCc1cccc(S(=O)(=O)N2CCCCC2)c1. The van der Waals surface area contributed by atoms with Gasteiger partial charge in [-0.3, -0.25) is 4.79 Å². The first-order valence-corrected chi connectivity index (χ1v) is 11.3. The molecule has 0 radical (unpaired) electrons. The molecule has 2 aromatic carbocycles. The maximum atomic E-state index is 12.8. The number of hydrogen-bond acceptors (Lipinski definition) is 4. The van der Waals surface area contributed by atoms with Crippen molar-refractivity contribution in [3.05, 3.63) is 64.7 Å². The lowest BCUT2D eigenvalue weighted by atomic mass is 10.1. The summed E-state index contributed by atoms with van der Waals surface area (Å²) in [6.45, 7) is 1.11. The molecular formula is C20H21Cl2NO4S. The Bertz CT molecular complexity index is 925. The van der Waals surface area contributed by atoms with E-state index < -0.39 is 15.6 Å². The van der Waals surface area contributed by atoms with Crippen LogP contribution in [0.4, 0.5) is 0 Å². The number of hydrogen-bond donors (Lipinski definition) is 0. The topological polar surface area (TPSA) is 63.7 Å². The second kappa shape index (κ2) is 9.37. The number of rotatable bonds is 7. The van der Waals surface area contributed by atoms with Crippen LogP contribution < -0.4 is 0 Å². The average Bonchev–Trinajstić information content (AvgIpc) is 2.73. The summed E-state index contributed by atoms with van der Waals surface area (Å²) in [5, 5.41) is 0.523. The van der Waals surface area contributed by atoms with Crippen molar-refractivity contribution in [2.45, 2.75) is 36.3 Å². The highest BCUT2D eigenvalue weighted by atomic mass is 35.5. The first-order valence-electron chi connectivity index (χ1n) is 9.02. The predicted octanol–water partition coefficient (Wildman–Crippen LogP) is 4.48. The monoisotopic (exact) mass is 441 g/mol. The van der Waals surface area contributed by atoms with E-state index in [9.17, 15) is 13.2 Å². The lowest BCUT2D eigenvalue weighted by molar-refractivity contribution is 0.0613. The molecule has 28 heavy (non-hydrogen) atoms. The number of ether oxygens (including phenoxy) is 1. The summed E-state index contributed by atoms with van der Waals surface area (Å²) in [5.74, 6) is -0.379. The number of sulfonamides is 1. The van der Waals surface area contributed by atoms with E-state index in [1.54, 1.807) is 48.5 Å². The standard InChI is InChI=1S/C20H21Cl2NO4S/c21-17-9-7-16(8-10-17)19(24)20(22)27-14-15-5-4-6-18(13-15)28(25,26)23-11-2-1-3-12-23/h4-10,13,20H,1-3,11-12,14H2. The van der Waals surface area contributed by atoms with Gasteiger partial charge in [0.2, 0.25) is 15.8 Å². The summed E-state index contributed by atoms with van der Waals surface area (Å²) in [5.41, 5.74) is -0.151. The minimum Gasteiger partial charge on any atom is -0.350 e. The number of alkyl halides is 1. The van der Waals surface area contributed by atoms with Gasteiger partial charge in [0.05, 0.1) is 11.5 Å². The third-order valence-corrected chi connectivity index (χ3v) is 7.05. The summed E-state index contributed by atoms with van der Waals surface area (Å²) < 4.78 is 32.6. The smallest absolute Gasteiger partial charge is 0.243 e. The van der Waals surface area contributed by atoms with Gasteiger partial charge in [0.25, 0.3) is 0 Å². The van der Waals surface area contributed by atoms with Crippen LogP contribution in [0.3, 0.4) is 0 Å². The molecule has 1 fully saturated rings. The quantitative estimate of drug-likeness (QED) is 0.469. The highest BCUT2D eigenvalue weighted by molar-refractivity contribution is 7.89.